The topological polar surface area (TPSA) is 322 Å². The van der Waals surface area contributed by atoms with Gasteiger partial charge in [-0.15, -0.1) is 0 Å². The lowest BCUT2D eigenvalue weighted by molar-refractivity contribution is -0.115. The number of nitrogens with zero attached hydrogens (tertiary/aromatic N) is 4. The number of aromatic nitrogens is 2. The molecule has 2 aromatic carbocycles. The summed E-state index contributed by atoms with van der Waals surface area (Å²) in [4.78, 5) is 34.3. The van der Waals surface area contributed by atoms with Crippen molar-refractivity contribution in [2.75, 3.05) is 5.01 Å². The molecule has 1 aliphatic rings. The van der Waals surface area contributed by atoms with Crippen LogP contribution in [0.5, 0.6) is 5.88 Å². The van der Waals surface area contributed by atoms with Crippen molar-refractivity contribution in [1.82, 2.24) is 9.78 Å². The number of anilines is 1. The summed E-state index contributed by atoms with van der Waals surface area (Å²) in [5.41, 5.74) is -3.43. The van der Waals surface area contributed by atoms with Gasteiger partial charge in [-0.25, -0.2) is 0 Å². The van der Waals surface area contributed by atoms with E-state index in [9.17, 15) is 71.4 Å². The molecule has 0 unspecified atom stereocenters. The fraction of sp³-hybridized carbons (Fsp3) is 0.0741. The van der Waals surface area contributed by atoms with E-state index >= 15 is 0 Å². The molecule has 1 aromatic heterocycles. The van der Waals surface area contributed by atoms with E-state index in [1.807, 2.05) is 0 Å². The Labute approximate surface area is 288 Å². The molecule has 2 heterocycles. The van der Waals surface area contributed by atoms with Crippen molar-refractivity contribution in [1.29, 1.82) is 0 Å². The third-order valence-electron chi connectivity index (χ3n) is 6.66. The van der Waals surface area contributed by atoms with Gasteiger partial charge in [-0.05, 0) is 48.6 Å². The van der Waals surface area contributed by atoms with Crippen molar-refractivity contribution in [2.24, 2.45) is 5.10 Å². The van der Waals surface area contributed by atoms with Crippen LogP contribution in [0.25, 0.3) is 11.8 Å². The van der Waals surface area contributed by atoms with E-state index in [0.29, 0.717) is 46.1 Å². The largest absolute Gasteiger partial charge is 0.493 e. The standard InChI is InChI=1S/C27H22N4O16S4/c1-14(32)24-18(26(34)30(28-24)20-12-16(48(36,37)38)8-10-22(20)50(42,43)44)6-4-3-5-7-19-25(15(2)33)29-31(27(19)35)21-13-17(49(39,40)41)9-11-23(21)51(45,46)47/h3-13,34H,1-2H3,(H,36,37,38)(H,39,40,41)(H,42,43,44)(H,45,46,47)/b5-3+,6-4+,19-7-. The second kappa shape index (κ2) is 13.5. The van der Waals surface area contributed by atoms with Gasteiger partial charge in [0.05, 0.1) is 32.3 Å². The number of rotatable bonds is 11. The first-order valence-corrected chi connectivity index (χ1v) is 19.1. The molecule has 270 valence electrons. The van der Waals surface area contributed by atoms with Crippen LogP contribution in [0.2, 0.25) is 0 Å². The minimum Gasteiger partial charge on any atom is -0.493 e. The predicted molar refractivity (Wildman–Crippen MR) is 173 cm³/mol. The molecule has 0 spiro atoms. The SMILES string of the molecule is CC(=O)C1=NN(c2cc(S(=O)(=O)O)ccc2S(=O)(=O)O)C(=O)\C1=C/C=C/C=C/c1c(C(C)=O)nn(-c2cc(S(=O)(=O)O)ccc2S(=O)(=O)O)c1O. The van der Waals surface area contributed by atoms with E-state index in [2.05, 4.69) is 10.2 Å². The molecule has 51 heavy (non-hydrogen) atoms. The summed E-state index contributed by atoms with van der Waals surface area (Å²) in [6.07, 6.45) is 5.53. The molecule has 1 aliphatic heterocycles. The van der Waals surface area contributed by atoms with Crippen LogP contribution in [0, 0.1) is 0 Å². The minimum atomic E-state index is -5.11. The highest BCUT2D eigenvalue weighted by atomic mass is 32.2. The Morgan fingerprint density at radius 1 is 0.706 bits per heavy atom. The number of aromatic hydroxyl groups is 1. The highest BCUT2D eigenvalue weighted by Crippen LogP contribution is 2.34. The van der Waals surface area contributed by atoms with Gasteiger partial charge in [-0.3, -0.25) is 32.6 Å². The fourth-order valence-electron chi connectivity index (χ4n) is 4.44. The Hall–Kier alpha value is -5.21. The van der Waals surface area contributed by atoms with Crippen LogP contribution >= 0.6 is 0 Å². The van der Waals surface area contributed by atoms with Crippen LogP contribution in [0.15, 0.2) is 91.0 Å². The number of hydrogen-bond donors (Lipinski definition) is 5. The number of carbonyl (C=O) groups excluding carboxylic acids is 3. The van der Waals surface area contributed by atoms with Gasteiger partial charge in [0.1, 0.15) is 21.2 Å². The van der Waals surface area contributed by atoms with E-state index in [1.165, 1.54) is 6.08 Å². The van der Waals surface area contributed by atoms with Gasteiger partial charge in [0.2, 0.25) is 5.88 Å². The van der Waals surface area contributed by atoms with Crippen molar-refractivity contribution < 1.29 is 71.4 Å². The van der Waals surface area contributed by atoms with Crippen molar-refractivity contribution in [2.45, 2.75) is 33.4 Å². The number of ketones is 2. The van der Waals surface area contributed by atoms with Gasteiger partial charge in [-0.2, -0.15) is 53.6 Å². The number of carbonyl (C=O) groups is 3. The molecule has 20 nitrogen and oxygen atoms in total. The maximum absolute atomic E-state index is 13.3. The second-order valence-electron chi connectivity index (χ2n) is 10.2. The third-order valence-corrected chi connectivity index (χ3v) is 10.2. The third kappa shape index (κ3) is 8.07. The van der Waals surface area contributed by atoms with Crippen molar-refractivity contribution in [3.05, 3.63) is 77.5 Å². The first kappa shape index (κ1) is 38.6. The van der Waals surface area contributed by atoms with E-state index in [0.717, 1.165) is 38.2 Å². The average Bonchev–Trinajstić information content (AvgIpc) is 3.51. The zero-order valence-electron chi connectivity index (χ0n) is 25.5. The molecule has 3 aromatic rings. The maximum atomic E-state index is 13.3. The molecule has 0 bridgehead atoms. The number of benzene rings is 2. The summed E-state index contributed by atoms with van der Waals surface area (Å²) in [7, 11) is -20.1. The van der Waals surface area contributed by atoms with Gasteiger partial charge in [0.15, 0.2) is 11.6 Å². The van der Waals surface area contributed by atoms with Crippen LogP contribution < -0.4 is 5.01 Å². The molecule has 0 saturated carbocycles. The highest BCUT2D eigenvalue weighted by Gasteiger charge is 2.36. The quantitative estimate of drug-likeness (QED) is 0.0790. The Balaban J connectivity index is 1.76. The van der Waals surface area contributed by atoms with Crippen LogP contribution in [0.1, 0.15) is 29.9 Å². The molecule has 0 fully saturated rings. The number of Topliss-reactive ketones (excluding diaryl/α,β-unsaturated/α-hetero) is 2. The zero-order chi connectivity index (χ0) is 38.4. The maximum Gasteiger partial charge on any atom is 0.296 e. The van der Waals surface area contributed by atoms with E-state index in [1.54, 1.807) is 0 Å². The summed E-state index contributed by atoms with van der Waals surface area (Å²) in [5, 5.41) is 18.8. The van der Waals surface area contributed by atoms with E-state index in [-0.39, 0.29) is 5.56 Å². The molecule has 24 heteroatoms. The number of hydrazone groups is 1. The first-order valence-electron chi connectivity index (χ1n) is 13.3. The number of allylic oxidation sites excluding steroid dienone is 4. The van der Waals surface area contributed by atoms with E-state index < -0.39 is 112 Å². The lowest BCUT2D eigenvalue weighted by Gasteiger charge is -2.15. The summed E-state index contributed by atoms with van der Waals surface area (Å²) in [6, 6.07) is 3.55. The summed E-state index contributed by atoms with van der Waals surface area (Å²) in [5.74, 6) is -3.71. The summed E-state index contributed by atoms with van der Waals surface area (Å²) in [6.45, 7) is 2.01. The normalized spacial score (nSPS) is 15.3. The molecule has 0 aliphatic carbocycles. The minimum absolute atomic E-state index is 0.313. The molecular formula is C27H22N4O16S4. The highest BCUT2D eigenvalue weighted by molar-refractivity contribution is 7.87. The van der Waals surface area contributed by atoms with Crippen molar-refractivity contribution >= 4 is 75.4 Å². The molecule has 0 radical (unpaired) electrons. The van der Waals surface area contributed by atoms with Gasteiger partial charge in [0.25, 0.3) is 46.4 Å². The van der Waals surface area contributed by atoms with Crippen LogP contribution in [0.4, 0.5) is 5.69 Å². The zero-order valence-corrected chi connectivity index (χ0v) is 28.8. The lowest BCUT2D eigenvalue weighted by atomic mass is 10.1. The predicted octanol–water partition coefficient (Wildman–Crippen LogP) is 1.25. The Kier molecular flexibility index (Phi) is 10.2. The Morgan fingerprint density at radius 3 is 1.69 bits per heavy atom. The number of hydrogen-bond acceptors (Lipinski definition) is 14. The fourth-order valence-corrected chi connectivity index (χ4v) is 6.74. The smallest absolute Gasteiger partial charge is 0.296 e. The Bertz CT molecular complexity index is 2620. The molecule has 0 saturated heterocycles. The van der Waals surface area contributed by atoms with Gasteiger partial charge < -0.3 is 5.11 Å². The molecule has 5 N–H and O–H groups in total. The van der Waals surface area contributed by atoms with Gasteiger partial charge in [-0.1, -0.05) is 18.2 Å². The number of amides is 1. The average molecular weight is 787 g/mol. The molecule has 0 atom stereocenters. The van der Waals surface area contributed by atoms with Crippen LogP contribution in [0.3, 0.4) is 0 Å². The Morgan fingerprint density at radius 2 is 1.22 bits per heavy atom. The van der Waals surface area contributed by atoms with E-state index in [4.69, 9.17) is 0 Å². The van der Waals surface area contributed by atoms with Gasteiger partial charge >= 0.3 is 0 Å². The molecule has 1 amide bonds. The van der Waals surface area contributed by atoms with Crippen molar-refractivity contribution in [3.63, 3.8) is 0 Å². The van der Waals surface area contributed by atoms with Crippen molar-refractivity contribution in [3.8, 4) is 11.6 Å². The summed E-state index contributed by atoms with van der Waals surface area (Å²) < 4.78 is 133. The molecule has 4 rings (SSSR count). The van der Waals surface area contributed by atoms with Gasteiger partial charge in [0, 0.05) is 13.8 Å². The first-order chi connectivity index (χ1) is 23.3. The summed E-state index contributed by atoms with van der Waals surface area (Å²) >= 11 is 0. The van der Waals surface area contributed by atoms with Crippen LogP contribution in [-0.4, -0.2) is 90.0 Å². The second-order valence-corrected chi connectivity index (χ2v) is 15.8. The van der Waals surface area contributed by atoms with Crippen LogP contribution in [-0.2, 0) is 50.1 Å². The lowest BCUT2D eigenvalue weighted by Crippen LogP contribution is -2.24. The monoisotopic (exact) mass is 786 g/mol. The molecular weight excluding hydrogens is 765 g/mol.